The van der Waals surface area contributed by atoms with Gasteiger partial charge in [0.1, 0.15) is 5.82 Å². The summed E-state index contributed by atoms with van der Waals surface area (Å²) in [5.41, 5.74) is 8.20. The first-order chi connectivity index (χ1) is 7.78. The first kappa shape index (κ1) is 10.2. The molecule has 0 amide bonds. The van der Waals surface area contributed by atoms with Gasteiger partial charge in [0, 0.05) is 31.6 Å². The Balaban J connectivity index is 1.94. The van der Waals surface area contributed by atoms with Crippen molar-refractivity contribution in [1.82, 2.24) is 4.90 Å². The smallest absolute Gasteiger partial charge is 0.123 e. The third-order valence-electron chi connectivity index (χ3n) is 3.72. The highest BCUT2D eigenvalue weighted by atomic mass is 19.1. The quantitative estimate of drug-likeness (QED) is 0.824. The van der Waals surface area contributed by atoms with Gasteiger partial charge >= 0.3 is 0 Å². The molecule has 1 unspecified atom stereocenters. The zero-order valence-corrected chi connectivity index (χ0v) is 9.32. The van der Waals surface area contributed by atoms with Crippen molar-refractivity contribution in [3.8, 4) is 0 Å². The van der Waals surface area contributed by atoms with E-state index in [1.807, 2.05) is 6.07 Å². The Hall–Kier alpha value is -0.930. The molecule has 2 nitrogen and oxygen atoms in total. The summed E-state index contributed by atoms with van der Waals surface area (Å²) in [6.07, 6.45) is 2.59. The summed E-state index contributed by atoms with van der Waals surface area (Å²) in [6.45, 7) is 2.59. The van der Waals surface area contributed by atoms with Crippen LogP contribution in [-0.4, -0.2) is 24.0 Å². The van der Waals surface area contributed by atoms with E-state index in [1.54, 1.807) is 12.1 Å². The molecular weight excluding hydrogens is 203 g/mol. The van der Waals surface area contributed by atoms with Crippen LogP contribution in [0.4, 0.5) is 4.39 Å². The van der Waals surface area contributed by atoms with E-state index in [2.05, 4.69) is 4.90 Å². The van der Waals surface area contributed by atoms with Crippen LogP contribution < -0.4 is 5.73 Å². The van der Waals surface area contributed by atoms with Crippen LogP contribution in [0, 0.1) is 5.82 Å². The summed E-state index contributed by atoms with van der Waals surface area (Å²) in [7, 11) is 0. The van der Waals surface area contributed by atoms with E-state index in [-0.39, 0.29) is 5.82 Å². The maximum absolute atomic E-state index is 13.2. The number of rotatable bonds is 2. The van der Waals surface area contributed by atoms with E-state index in [0.717, 1.165) is 24.7 Å². The van der Waals surface area contributed by atoms with E-state index in [0.29, 0.717) is 12.5 Å². The summed E-state index contributed by atoms with van der Waals surface area (Å²) >= 11 is 0. The van der Waals surface area contributed by atoms with Crippen molar-refractivity contribution in [3.63, 3.8) is 0 Å². The minimum absolute atomic E-state index is 0.132. The monoisotopic (exact) mass is 220 g/mol. The molecule has 2 N–H and O–H groups in total. The standard InChI is InChI=1S/C13H17FN2/c14-11-1-4-13-9(5-11)7-16(12-2-3-12)8-10(13)6-15/h1,4-5,10,12H,2-3,6-8,15H2. The second kappa shape index (κ2) is 3.82. The highest BCUT2D eigenvalue weighted by Crippen LogP contribution is 2.35. The molecule has 86 valence electrons. The van der Waals surface area contributed by atoms with Gasteiger partial charge in [0.2, 0.25) is 0 Å². The van der Waals surface area contributed by atoms with Crippen LogP contribution in [-0.2, 0) is 6.54 Å². The van der Waals surface area contributed by atoms with Crippen LogP contribution in [0.1, 0.15) is 29.9 Å². The van der Waals surface area contributed by atoms with Crippen LogP contribution in [0.15, 0.2) is 18.2 Å². The number of halogens is 1. The van der Waals surface area contributed by atoms with Gasteiger partial charge in [-0.1, -0.05) is 6.07 Å². The molecule has 0 radical (unpaired) electrons. The second-order valence-corrected chi connectivity index (χ2v) is 4.94. The van der Waals surface area contributed by atoms with Crippen molar-refractivity contribution >= 4 is 0 Å². The Bertz CT molecular complexity index is 401. The molecule has 3 heteroatoms. The average molecular weight is 220 g/mol. The van der Waals surface area contributed by atoms with Gasteiger partial charge in [0.25, 0.3) is 0 Å². The highest BCUT2D eigenvalue weighted by Gasteiger charge is 2.34. The molecule has 1 fully saturated rings. The van der Waals surface area contributed by atoms with Gasteiger partial charge in [-0.3, -0.25) is 4.90 Å². The normalized spacial score (nSPS) is 25.5. The third kappa shape index (κ3) is 1.74. The fourth-order valence-electron chi connectivity index (χ4n) is 2.69. The zero-order chi connectivity index (χ0) is 11.1. The lowest BCUT2D eigenvalue weighted by Gasteiger charge is -2.34. The van der Waals surface area contributed by atoms with Crippen LogP contribution in [0.25, 0.3) is 0 Å². The molecule has 3 rings (SSSR count). The van der Waals surface area contributed by atoms with Crippen molar-refractivity contribution in [2.75, 3.05) is 13.1 Å². The van der Waals surface area contributed by atoms with Crippen LogP contribution in [0.5, 0.6) is 0 Å². The third-order valence-corrected chi connectivity index (χ3v) is 3.72. The zero-order valence-electron chi connectivity index (χ0n) is 9.32. The molecule has 1 aliphatic carbocycles. The fraction of sp³-hybridized carbons (Fsp3) is 0.538. The average Bonchev–Trinajstić information content (AvgIpc) is 3.10. The summed E-state index contributed by atoms with van der Waals surface area (Å²) in [4.78, 5) is 2.46. The van der Waals surface area contributed by atoms with Crippen LogP contribution >= 0.6 is 0 Å². The van der Waals surface area contributed by atoms with Gasteiger partial charge in [0.15, 0.2) is 0 Å². The van der Waals surface area contributed by atoms with Gasteiger partial charge in [-0.2, -0.15) is 0 Å². The second-order valence-electron chi connectivity index (χ2n) is 4.94. The predicted molar refractivity (Wildman–Crippen MR) is 61.6 cm³/mol. The molecule has 0 bridgehead atoms. The predicted octanol–water partition coefficient (Wildman–Crippen LogP) is 1.85. The molecule has 0 spiro atoms. The molecule has 2 aliphatic rings. The Morgan fingerprint density at radius 2 is 2.19 bits per heavy atom. The molecule has 1 atom stereocenters. The largest absolute Gasteiger partial charge is 0.330 e. The van der Waals surface area contributed by atoms with Gasteiger partial charge < -0.3 is 5.73 Å². The van der Waals surface area contributed by atoms with Gasteiger partial charge in [-0.15, -0.1) is 0 Å². The lowest BCUT2D eigenvalue weighted by Crippen LogP contribution is -2.37. The van der Waals surface area contributed by atoms with Crippen molar-refractivity contribution in [1.29, 1.82) is 0 Å². The van der Waals surface area contributed by atoms with E-state index in [9.17, 15) is 4.39 Å². The topological polar surface area (TPSA) is 29.3 Å². The van der Waals surface area contributed by atoms with Gasteiger partial charge in [-0.05, 0) is 36.1 Å². The van der Waals surface area contributed by atoms with Crippen molar-refractivity contribution < 1.29 is 4.39 Å². The van der Waals surface area contributed by atoms with Gasteiger partial charge in [-0.25, -0.2) is 4.39 Å². The minimum Gasteiger partial charge on any atom is -0.330 e. The fourth-order valence-corrected chi connectivity index (χ4v) is 2.69. The number of fused-ring (bicyclic) bond motifs is 1. The van der Waals surface area contributed by atoms with Gasteiger partial charge in [0.05, 0.1) is 0 Å². The summed E-state index contributed by atoms with van der Waals surface area (Å²) in [5, 5.41) is 0. The number of hydrogen-bond acceptors (Lipinski definition) is 2. The Labute approximate surface area is 95.2 Å². The van der Waals surface area contributed by atoms with E-state index in [1.165, 1.54) is 18.4 Å². The number of hydrogen-bond donors (Lipinski definition) is 1. The van der Waals surface area contributed by atoms with Crippen molar-refractivity contribution in [2.24, 2.45) is 5.73 Å². The van der Waals surface area contributed by atoms with E-state index in [4.69, 9.17) is 5.73 Å². The van der Waals surface area contributed by atoms with Crippen molar-refractivity contribution in [3.05, 3.63) is 35.1 Å². The first-order valence-corrected chi connectivity index (χ1v) is 6.00. The van der Waals surface area contributed by atoms with Crippen LogP contribution in [0.2, 0.25) is 0 Å². The molecule has 1 aromatic rings. The number of benzene rings is 1. The first-order valence-electron chi connectivity index (χ1n) is 6.00. The maximum atomic E-state index is 13.2. The molecule has 1 saturated carbocycles. The molecule has 1 aliphatic heterocycles. The molecule has 0 saturated heterocycles. The Morgan fingerprint density at radius 1 is 1.38 bits per heavy atom. The van der Waals surface area contributed by atoms with Crippen LogP contribution in [0.3, 0.4) is 0 Å². The molecule has 1 aromatic carbocycles. The molecule has 1 heterocycles. The summed E-state index contributed by atoms with van der Waals surface area (Å²) in [6, 6.07) is 5.86. The molecule has 0 aromatic heterocycles. The number of nitrogens with zero attached hydrogens (tertiary/aromatic N) is 1. The van der Waals surface area contributed by atoms with E-state index < -0.39 is 0 Å². The summed E-state index contributed by atoms with van der Waals surface area (Å²) < 4.78 is 13.2. The SMILES string of the molecule is NCC1CN(C2CC2)Cc2cc(F)ccc21. The number of nitrogens with two attached hydrogens (primary N) is 1. The minimum atomic E-state index is -0.132. The molecule has 16 heavy (non-hydrogen) atoms. The summed E-state index contributed by atoms with van der Waals surface area (Å²) in [5.74, 6) is 0.247. The maximum Gasteiger partial charge on any atom is 0.123 e. The lowest BCUT2D eigenvalue weighted by molar-refractivity contribution is 0.221. The van der Waals surface area contributed by atoms with Crippen molar-refractivity contribution in [2.45, 2.75) is 31.3 Å². The van der Waals surface area contributed by atoms with E-state index >= 15 is 0 Å². The Kier molecular flexibility index (Phi) is 2.45. The Morgan fingerprint density at radius 3 is 2.88 bits per heavy atom. The lowest BCUT2D eigenvalue weighted by atomic mass is 9.89. The highest BCUT2D eigenvalue weighted by molar-refractivity contribution is 5.34. The molecular formula is C13H17FN2.